The van der Waals surface area contributed by atoms with E-state index in [9.17, 15) is 44.3 Å². The van der Waals surface area contributed by atoms with Gasteiger partial charge in [-0.1, -0.05) is 13.0 Å². The van der Waals surface area contributed by atoms with E-state index in [2.05, 4.69) is 15.3 Å². The molecule has 0 saturated carbocycles. The molecule has 2 aromatic carbocycles. The molecule has 2 aromatic heterocycles. The molecule has 17 heteroatoms. The van der Waals surface area contributed by atoms with Crippen molar-refractivity contribution in [1.82, 2.24) is 19.9 Å². The fourth-order valence-corrected chi connectivity index (χ4v) is 5.34. The molecule has 4 rings (SSSR count). The molecular formula is C27H23F6N5O5S. The Morgan fingerprint density at radius 3 is 2.18 bits per heavy atom. The SMILES string of the molecule is CNC(=O)[C@@H](C)Cn1cnc2ccc(-c3cnc(OC)c(NS(=O)(=O)c4cc(C(F)(F)F)cc(C(F)(F)F)c4)c3)cc2c1=O. The minimum atomic E-state index is -5.27. The summed E-state index contributed by atoms with van der Waals surface area (Å²) in [6.45, 7) is 1.66. The highest BCUT2D eigenvalue weighted by Crippen LogP contribution is 2.38. The highest BCUT2D eigenvalue weighted by Gasteiger charge is 2.38. The van der Waals surface area contributed by atoms with Crippen LogP contribution in [0.4, 0.5) is 32.0 Å². The number of aromatic nitrogens is 3. The molecule has 0 fully saturated rings. The number of pyridine rings is 1. The highest BCUT2D eigenvalue weighted by molar-refractivity contribution is 7.92. The molecular weight excluding hydrogens is 620 g/mol. The zero-order valence-corrected chi connectivity index (χ0v) is 23.9. The molecule has 0 aliphatic carbocycles. The Kier molecular flexibility index (Phi) is 8.64. The van der Waals surface area contributed by atoms with Crippen molar-refractivity contribution in [2.75, 3.05) is 18.9 Å². The van der Waals surface area contributed by atoms with Gasteiger partial charge in [0.2, 0.25) is 11.8 Å². The Morgan fingerprint density at radius 2 is 1.61 bits per heavy atom. The van der Waals surface area contributed by atoms with Crippen LogP contribution in [-0.4, -0.2) is 43.0 Å². The summed E-state index contributed by atoms with van der Waals surface area (Å²) in [5.41, 5.74) is -3.64. The number of methoxy groups -OCH3 is 1. The van der Waals surface area contributed by atoms with Gasteiger partial charge in [-0.25, -0.2) is 18.4 Å². The number of amides is 1. The third-order valence-electron chi connectivity index (χ3n) is 6.48. The smallest absolute Gasteiger partial charge is 0.416 e. The summed E-state index contributed by atoms with van der Waals surface area (Å²) in [5.74, 6) is -1.18. The fourth-order valence-electron chi connectivity index (χ4n) is 4.22. The number of rotatable bonds is 8. The van der Waals surface area contributed by atoms with E-state index in [-0.39, 0.29) is 47.5 Å². The summed E-state index contributed by atoms with van der Waals surface area (Å²) in [4.78, 5) is 32.0. The summed E-state index contributed by atoms with van der Waals surface area (Å²) >= 11 is 0. The number of sulfonamides is 1. The van der Waals surface area contributed by atoms with Gasteiger partial charge in [0.15, 0.2) is 0 Å². The molecule has 0 unspecified atom stereocenters. The lowest BCUT2D eigenvalue weighted by Gasteiger charge is -2.16. The maximum atomic E-state index is 13.3. The maximum absolute atomic E-state index is 13.3. The molecule has 4 aromatic rings. The number of ether oxygens (including phenoxy) is 1. The Balaban J connectivity index is 1.76. The predicted octanol–water partition coefficient (Wildman–Crippen LogP) is 4.69. The molecule has 0 bridgehead atoms. The van der Waals surface area contributed by atoms with E-state index in [0.29, 0.717) is 11.1 Å². The second-order valence-electron chi connectivity index (χ2n) is 9.58. The quantitative estimate of drug-likeness (QED) is 0.267. The van der Waals surface area contributed by atoms with Crippen LogP contribution in [0.2, 0.25) is 0 Å². The zero-order valence-electron chi connectivity index (χ0n) is 23.0. The van der Waals surface area contributed by atoms with Crippen molar-refractivity contribution in [3.8, 4) is 17.0 Å². The van der Waals surface area contributed by atoms with E-state index in [0.717, 1.165) is 7.11 Å². The highest BCUT2D eigenvalue weighted by atomic mass is 32.2. The fraction of sp³-hybridized carbons (Fsp3) is 0.259. The molecule has 2 N–H and O–H groups in total. The number of fused-ring (bicyclic) bond motifs is 1. The number of benzene rings is 2. The number of anilines is 1. The van der Waals surface area contributed by atoms with Crippen LogP contribution >= 0.6 is 0 Å². The van der Waals surface area contributed by atoms with E-state index < -0.39 is 55.6 Å². The van der Waals surface area contributed by atoms with E-state index >= 15 is 0 Å². The molecule has 0 aliphatic heterocycles. The Morgan fingerprint density at radius 1 is 0.977 bits per heavy atom. The van der Waals surface area contributed by atoms with Gasteiger partial charge >= 0.3 is 12.4 Å². The second kappa shape index (κ2) is 11.8. The topological polar surface area (TPSA) is 132 Å². The average molecular weight is 644 g/mol. The van der Waals surface area contributed by atoms with Crippen LogP contribution in [-0.2, 0) is 33.7 Å². The lowest BCUT2D eigenvalue weighted by atomic mass is 10.0. The molecule has 0 spiro atoms. The molecule has 1 atom stereocenters. The van der Waals surface area contributed by atoms with Gasteiger partial charge in [-0.05, 0) is 42.0 Å². The third-order valence-corrected chi connectivity index (χ3v) is 7.83. The first kappa shape index (κ1) is 32.2. The molecule has 0 saturated heterocycles. The average Bonchev–Trinajstić information content (AvgIpc) is 2.96. The summed E-state index contributed by atoms with van der Waals surface area (Å²) in [6.07, 6.45) is -7.99. The standard InChI is InChI=1S/C27H23F6N5O5S/c1-14(23(39)34-2)12-38-13-36-21-5-4-15(6-20(21)25(38)40)16-7-22(24(43-3)35-11-16)37-44(41,42)19-9-17(26(28,29)30)8-18(10-19)27(31,32)33/h4-11,13-14,37H,12H2,1-3H3,(H,34,39)/t14-/m0/s1. The molecule has 2 heterocycles. The van der Waals surface area contributed by atoms with Gasteiger partial charge in [-0.2, -0.15) is 26.3 Å². The van der Waals surface area contributed by atoms with Gasteiger partial charge in [0.1, 0.15) is 5.69 Å². The van der Waals surface area contributed by atoms with Crippen molar-refractivity contribution in [1.29, 1.82) is 0 Å². The number of carbonyl (C=O) groups is 1. The van der Waals surface area contributed by atoms with Gasteiger partial charge in [0.05, 0.1) is 46.3 Å². The minimum Gasteiger partial charge on any atom is -0.480 e. The van der Waals surface area contributed by atoms with Crippen LogP contribution in [0.15, 0.2) is 64.7 Å². The van der Waals surface area contributed by atoms with E-state index in [1.54, 1.807) is 6.92 Å². The van der Waals surface area contributed by atoms with Crippen molar-refractivity contribution in [3.05, 3.63) is 76.5 Å². The molecule has 44 heavy (non-hydrogen) atoms. The predicted molar refractivity (Wildman–Crippen MR) is 146 cm³/mol. The molecule has 1 amide bonds. The van der Waals surface area contributed by atoms with Crippen LogP contribution in [0.3, 0.4) is 0 Å². The number of nitrogens with zero attached hydrogens (tertiary/aromatic N) is 3. The van der Waals surface area contributed by atoms with Crippen LogP contribution < -0.4 is 20.3 Å². The third kappa shape index (κ3) is 6.77. The van der Waals surface area contributed by atoms with Crippen molar-refractivity contribution < 1.29 is 44.3 Å². The molecule has 0 aliphatic rings. The van der Waals surface area contributed by atoms with Gasteiger partial charge in [-0.15, -0.1) is 0 Å². The second-order valence-corrected chi connectivity index (χ2v) is 11.3. The lowest BCUT2D eigenvalue weighted by Crippen LogP contribution is -2.32. The Hall–Kier alpha value is -4.67. The van der Waals surface area contributed by atoms with Gasteiger partial charge in [0.25, 0.3) is 15.6 Å². The lowest BCUT2D eigenvalue weighted by molar-refractivity contribution is -0.143. The summed E-state index contributed by atoms with van der Waals surface area (Å²) in [6, 6.07) is 5.64. The number of alkyl halides is 6. The maximum Gasteiger partial charge on any atom is 0.416 e. The van der Waals surface area contributed by atoms with Crippen LogP contribution in [0.5, 0.6) is 5.88 Å². The van der Waals surface area contributed by atoms with Crippen molar-refractivity contribution in [2.45, 2.75) is 30.7 Å². The molecule has 10 nitrogen and oxygen atoms in total. The summed E-state index contributed by atoms with van der Waals surface area (Å²) in [7, 11) is -2.46. The normalized spacial score (nSPS) is 13.0. The number of carbonyl (C=O) groups excluding carboxylic acids is 1. The van der Waals surface area contributed by atoms with E-state index in [1.165, 1.54) is 48.4 Å². The largest absolute Gasteiger partial charge is 0.480 e. The van der Waals surface area contributed by atoms with Gasteiger partial charge < -0.3 is 10.1 Å². The number of hydrogen-bond donors (Lipinski definition) is 2. The first-order chi connectivity index (χ1) is 20.4. The van der Waals surface area contributed by atoms with Crippen LogP contribution in [0.1, 0.15) is 18.1 Å². The van der Waals surface area contributed by atoms with Gasteiger partial charge in [0, 0.05) is 25.4 Å². The first-order valence-electron chi connectivity index (χ1n) is 12.5. The minimum absolute atomic E-state index is 0.0350. The number of halogens is 6. The monoisotopic (exact) mass is 643 g/mol. The van der Waals surface area contributed by atoms with Crippen molar-refractivity contribution >= 4 is 32.5 Å². The summed E-state index contributed by atoms with van der Waals surface area (Å²) < 4.78 is 114. The van der Waals surface area contributed by atoms with Crippen molar-refractivity contribution in [3.63, 3.8) is 0 Å². The molecule has 234 valence electrons. The number of hydrogen-bond acceptors (Lipinski definition) is 7. The first-order valence-corrected chi connectivity index (χ1v) is 14.0. The van der Waals surface area contributed by atoms with Crippen molar-refractivity contribution in [2.24, 2.45) is 5.92 Å². The van der Waals surface area contributed by atoms with E-state index in [1.807, 2.05) is 4.72 Å². The molecule has 0 radical (unpaired) electrons. The van der Waals surface area contributed by atoms with Gasteiger partial charge in [-0.3, -0.25) is 18.9 Å². The Labute approximate surface area is 245 Å². The van der Waals surface area contributed by atoms with Crippen LogP contribution in [0, 0.1) is 5.92 Å². The Bertz CT molecular complexity index is 1880. The van der Waals surface area contributed by atoms with Crippen LogP contribution in [0.25, 0.3) is 22.0 Å². The number of nitrogens with one attached hydrogen (secondary N) is 2. The summed E-state index contributed by atoms with van der Waals surface area (Å²) in [5, 5.41) is 2.64. The zero-order chi connectivity index (χ0) is 32.6. The van der Waals surface area contributed by atoms with E-state index in [4.69, 9.17) is 4.74 Å².